The van der Waals surface area contributed by atoms with Crippen molar-refractivity contribution in [2.45, 2.75) is 26.7 Å². The van der Waals surface area contributed by atoms with Crippen LogP contribution >= 0.6 is 0 Å². The number of amides is 2. The zero-order valence-electron chi connectivity index (χ0n) is 16.2. The largest absolute Gasteiger partial charge is 0.497 e. The summed E-state index contributed by atoms with van der Waals surface area (Å²) in [6, 6.07) is 12.0. The van der Waals surface area contributed by atoms with E-state index in [1.54, 1.807) is 49.6 Å². The average Bonchev–Trinajstić information content (AvgIpc) is 2.69. The molecule has 0 bridgehead atoms. The fourth-order valence-electron chi connectivity index (χ4n) is 2.71. The fraction of sp³-hybridized carbons (Fsp3) is 0.333. The molecular weight excluding hydrogens is 344 g/mol. The van der Waals surface area contributed by atoms with Crippen molar-refractivity contribution in [3.05, 3.63) is 48.0 Å². The first-order valence-corrected chi connectivity index (χ1v) is 8.96. The Hall–Kier alpha value is -3.02. The minimum absolute atomic E-state index is 0.00156. The number of methoxy groups -OCH3 is 2. The molecule has 2 aromatic carbocycles. The van der Waals surface area contributed by atoms with Gasteiger partial charge in [0.1, 0.15) is 11.5 Å². The third-order valence-corrected chi connectivity index (χ3v) is 4.43. The number of rotatable bonds is 8. The van der Waals surface area contributed by atoms with Crippen LogP contribution in [0.5, 0.6) is 11.5 Å². The van der Waals surface area contributed by atoms with E-state index in [0.717, 1.165) is 12.8 Å². The molecule has 6 heteroatoms. The lowest BCUT2D eigenvalue weighted by atomic mass is 10.0. The predicted molar refractivity (Wildman–Crippen MR) is 107 cm³/mol. The Morgan fingerprint density at radius 2 is 1.59 bits per heavy atom. The lowest BCUT2D eigenvalue weighted by Crippen LogP contribution is -2.21. The van der Waals surface area contributed by atoms with Gasteiger partial charge in [-0.05, 0) is 49.2 Å². The molecule has 0 aromatic heterocycles. The van der Waals surface area contributed by atoms with Crippen molar-refractivity contribution in [3.63, 3.8) is 0 Å². The fourth-order valence-corrected chi connectivity index (χ4v) is 2.71. The minimum atomic E-state index is -0.278. The van der Waals surface area contributed by atoms with E-state index in [0.29, 0.717) is 28.4 Å². The van der Waals surface area contributed by atoms with Crippen molar-refractivity contribution in [1.82, 2.24) is 0 Å². The summed E-state index contributed by atoms with van der Waals surface area (Å²) in [4.78, 5) is 24.7. The van der Waals surface area contributed by atoms with E-state index in [4.69, 9.17) is 9.47 Å². The molecule has 0 aliphatic rings. The zero-order chi connectivity index (χ0) is 19.8. The summed E-state index contributed by atoms with van der Waals surface area (Å²) in [6.45, 7) is 3.99. The lowest BCUT2D eigenvalue weighted by Gasteiger charge is -2.14. The molecular formula is C21H26N2O4. The van der Waals surface area contributed by atoms with Crippen LogP contribution in [0.3, 0.4) is 0 Å². The molecule has 6 nitrogen and oxygen atoms in total. The molecule has 0 fully saturated rings. The highest BCUT2D eigenvalue weighted by Crippen LogP contribution is 2.29. The average molecular weight is 370 g/mol. The summed E-state index contributed by atoms with van der Waals surface area (Å²) in [5, 5.41) is 5.70. The Morgan fingerprint density at radius 1 is 0.926 bits per heavy atom. The van der Waals surface area contributed by atoms with Crippen molar-refractivity contribution < 1.29 is 19.1 Å². The highest BCUT2D eigenvalue weighted by atomic mass is 16.5. The molecule has 0 aliphatic carbocycles. The first-order valence-electron chi connectivity index (χ1n) is 8.96. The van der Waals surface area contributed by atoms with Crippen LogP contribution in [0, 0.1) is 5.92 Å². The van der Waals surface area contributed by atoms with Gasteiger partial charge in [0, 0.05) is 23.2 Å². The van der Waals surface area contributed by atoms with Gasteiger partial charge in [-0.15, -0.1) is 0 Å². The maximum atomic E-state index is 12.5. The highest BCUT2D eigenvalue weighted by Gasteiger charge is 2.15. The van der Waals surface area contributed by atoms with Gasteiger partial charge in [0.05, 0.1) is 19.9 Å². The normalized spacial score (nSPS) is 10.4. The molecule has 27 heavy (non-hydrogen) atoms. The van der Waals surface area contributed by atoms with Gasteiger partial charge in [-0.2, -0.15) is 0 Å². The smallest absolute Gasteiger partial charge is 0.255 e. The van der Waals surface area contributed by atoms with Crippen LogP contribution in [0.2, 0.25) is 0 Å². The molecule has 2 aromatic rings. The Balaban J connectivity index is 2.09. The summed E-state index contributed by atoms with van der Waals surface area (Å²) in [5.41, 5.74) is 1.66. The van der Waals surface area contributed by atoms with E-state index < -0.39 is 0 Å². The zero-order valence-corrected chi connectivity index (χ0v) is 16.2. The number of hydrogen-bond donors (Lipinski definition) is 2. The quantitative estimate of drug-likeness (QED) is 0.725. The van der Waals surface area contributed by atoms with E-state index in [1.165, 1.54) is 7.11 Å². The topological polar surface area (TPSA) is 76.7 Å². The van der Waals surface area contributed by atoms with Crippen molar-refractivity contribution in [2.24, 2.45) is 5.92 Å². The van der Waals surface area contributed by atoms with Crippen molar-refractivity contribution in [1.29, 1.82) is 0 Å². The molecule has 0 saturated heterocycles. The number of carbonyl (C=O) groups excluding carboxylic acids is 2. The van der Waals surface area contributed by atoms with Gasteiger partial charge >= 0.3 is 0 Å². The van der Waals surface area contributed by atoms with E-state index in [1.807, 2.05) is 13.8 Å². The molecule has 0 heterocycles. The number of benzene rings is 2. The van der Waals surface area contributed by atoms with E-state index >= 15 is 0 Å². The summed E-state index contributed by atoms with van der Waals surface area (Å²) in [5.74, 6) is 0.870. The SMILES string of the molecule is CCC(CC)C(=O)Nc1ccc(C(=O)Nc2cc(OC)ccc2OC)cc1. The highest BCUT2D eigenvalue weighted by molar-refractivity contribution is 6.05. The van der Waals surface area contributed by atoms with Crippen molar-refractivity contribution >= 4 is 23.2 Å². The molecule has 2 N–H and O–H groups in total. The number of nitrogens with one attached hydrogen (secondary N) is 2. The van der Waals surface area contributed by atoms with Crippen LogP contribution in [0.1, 0.15) is 37.0 Å². The van der Waals surface area contributed by atoms with Gasteiger partial charge in [0.25, 0.3) is 5.91 Å². The number of ether oxygens (including phenoxy) is 2. The number of carbonyl (C=O) groups is 2. The molecule has 2 amide bonds. The standard InChI is InChI=1S/C21H26N2O4/c1-5-14(6-2)20(24)22-16-9-7-15(8-10-16)21(25)23-18-13-17(26-3)11-12-19(18)27-4/h7-14H,5-6H2,1-4H3,(H,22,24)(H,23,25). The molecule has 0 aliphatic heterocycles. The third kappa shape index (κ3) is 5.23. The second-order valence-electron chi connectivity index (χ2n) is 6.10. The summed E-state index contributed by atoms with van der Waals surface area (Å²) >= 11 is 0. The van der Waals surface area contributed by atoms with Crippen LogP contribution in [-0.2, 0) is 4.79 Å². The maximum absolute atomic E-state index is 12.5. The first-order chi connectivity index (χ1) is 13.0. The van der Waals surface area contributed by atoms with Crippen LogP contribution in [0.4, 0.5) is 11.4 Å². The molecule has 0 radical (unpaired) electrons. The van der Waals surface area contributed by atoms with Crippen LogP contribution in [0.15, 0.2) is 42.5 Å². The second kappa shape index (κ2) is 9.62. The van der Waals surface area contributed by atoms with Gasteiger partial charge in [-0.25, -0.2) is 0 Å². The van der Waals surface area contributed by atoms with Crippen LogP contribution in [-0.4, -0.2) is 26.0 Å². The van der Waals surface area contributed by atoms with E-state index in [9.17, 15) is 9.59 Å². The van der Waals surface area contributed by atoms with E-state index in [2.05, 4.69) is 10.6 Å². The Bertz CT molecular complexity index is 783. The molecule has 0 spiro atoms. The Kier molecular flexibility index (Phi) is 7.23. The van der Waals surface area contributed by atoms with Crippen molar-refractivity contribution in [3.8, 4) is 11.5 Å². The lowest BCUT2D eigenvalue weighted by molar-refractivity contribution is -0.120. The maximum Gasteiger partial charge on any atom is 0.255 e. The molecule has 0 unspecified atom stereocenters. The summed E-state index contributed by atoms with van der Waals surface area (Å²) in [6.07, 6.45) is 1.59. The molecule has 0 atom stereocenters. The van der Waals surface area contributed by atoms with Crippen molar-refractivity contribution in [2.75, 3.05) is 24.9 Å². The van der Waals surface area contributed by atoms with Gasteiger partial charge < -0.3 is 20.1 Å². The Morgan fingerprint density at radius 3 is 2.15 bits per heavy atom. The monoisotopic (exact) mass is 370 g/mol. The van der Waals surface area contributed by atoms with Gasteiger partial charge in [0.2, 0.25) is 5.91 Å². The molecule has 0 saturated carbocycles. The molecule has 2 rings (SSSR count). The minimum Gasteiger partial charge on any atom is -0.497 e. The van der Waals surface area contributed by atoms with Crippen LogP contribution < -0.4 is 20.1 Å². The first kappa shape index (κ1) is 20.3. The third-order valence-electron chi connectivity index (χ3n) is 4.43. The number of hydrogen-bond acceptors (Lipinski definition) is 4. The van der Waals surface area contributed by atoms with Gasteiger partial charge in [-0.3, -0.25) is 9.59 Å². The van der Waals surface area contributed by atoms with E-state index in [-0.39, 0.29) is 17.7 Å². The second-order valence-corrected chi connectivity index (χ2v) is 6.10. The number of anilines is 2. The molecule has 144 valence electrons. The Labute approximate surface area is 159 Å². The van der Waals surface area contributed by atoms with Gasteiger partial charge in [0.15, 0.2) is 0 Å². The summed E-state index contributed by atoms with van der Waals surface area (Å²) in [7, 11) is 3.09. The van der Waals surface area contributed by atoms with Gasteiger partial charge in [-0.1, -0.05) is 13.8 Å². The van der Waals surface area contributed by atoms with Crippen LogP contribution in [0.25, 0.3) is 0 Å². The predicted octanol–water partition coefficient (Wildman–Crippen LogP) is 4.33. The summed E-state index contributed by atoms with van der Waals surface area (Å²) < 4.78 is 10.5.